The van der Waals surface area contributed by atoms with Gasteiger partial charge in [0.05, 0.1) is 6.20 Å². The molecule has 2 heterocycles. The number of oxazole rings is 1. The van der Waals surface area contributed by atoms with Gasteiger partial charge in [0.2, 0.25) is 0 Å². The average Bonchev–Trinajstić information content (AvgIpc) is 2.75. The van der Waals surface area contributed by atoms with Gasteiger partial charge in [0.15, 0.2) is 17.2 Å². The van der Waals surface area contributed by atoms with E-state index < -0.39 is 0 Å². The van der Waals surface area contributed by atoms with Crippen LogP contribution in [0.25, 0.3) is 10.8 Å². The van der Waals surface area contributed by atoms with Gasteiger partial charge in [-0.2, -0.15) is 0 Å². The summed E-state index contributed by atoms with van der Waals surface area (Å²) in [5.41, 5.74) is 5.44. The molecule has 0 aliphatic heterocycles. The summed E-state index contributed by atoms with van der Waals surface area (Å²) in [6.45, 7) is 0.520. The van der Waals surface area contributed by atoms with Crippen LogP contribution in [0.1, 0.15) is 4.88 Å². The Hall–Kier alpha value is -1.20. The summed E-state index contributed by atoms with van der Waals surface area (Å²) in [6.07, 6.45) is 4.78. The minimum absolute atomic E-state index is 0.520. The number of aromatic nitrogens is 2. The van der Waals surface area contributed by atoms with Gasteiger partial charge in [0.1, 0.15) is 0 Å². The van der Waals surface area contributed by atoms with Gasteiger partial charge < -0.3 is 10.2 Å². The first kappa shape index (κ1) is 7.45. The fourth-order valence-corrected chi connectivity index (χ4v) is 1.58. The van der Waals surface area contributed by atoms with Crippen molar-refractivity contribution in [2.24, 2.45) is 5.73 Å². The van der Waals surface area contributed by atoms with Crippen molar-refractivity contribution in [1.82, 2.24) is 9.97 Å². The van der Waals surface area contributed by atoms with Crippen molar-refractivity contribution in [2.75, 3.05) is 0 Å². The average molecular weight is 181 g/mol. The van der Waals surface area contributed by atoms with Crippen LogP contribution in [0.3, 0.4) is 0 Å². The van der Waals surface area contributed by atoms with E-state index in [0.717, 1.165) is 9.88 Å². The molecule has 0 aromatic carbocycles. The molecule has 0 spiro atoms. The van der Waals surface area contributed by atoms with Crippen LogP contribution in [0.15, 0.2) is 23.2 Å². The van der Waals surface area contributed by atoms with Crippen LogP contribution in [0.4, 0.5) is 0 Å². The molecule has 0 atom stereocenters. The van der Waals surface area contributed by atoms with Crippen LogP contribution in [0, 0.1) is 0 Å². The van der Waals surface area contributed by atoms with E-state index in [1.165, 1.54) is 17.7 Å². The van der Waals surface area contributed by atoms with E-state index in [-0.39, 0.29) is 0 Å². The number of nitrogens with zero attached hydrogens (tertiary/aromatic N) is 2. The van der Waals surface area contributed by atoms with Gasteiger partial charge in [0, 0.05) is 17.6 Å². The number of rotatable bonds is 2. The van der Waals surface area contributed by atoms with Crippen molar-refractivity contribution in [3.63, 3.8) is 0 Å². The van der Waals surface area contributed by atoms with E-state index >= 15 is 0 Å². The van der Waals surface area contributed by atoms with E-state index in [2.05, 4.69) is 9.97 Å². The van der Waals surface area contributed by atoms with Crippen LogP contribution in [0.2, 0.25) is 0 Å². The molecule has 0 amide bonds. The van der Waals surface area contributed by atoms with Crippen molar-refractivity contribution >= 4 is 11.3 Å². The van der Waals surface area contributed by atoms with Gasteiger partial charge in [0.25, 0.3) is 0 Å². The second-order valence-corrected chi connectivity index (χ2v) is 3.32. The highest BCUT2D eigenvalue weighted by Gasteiger charge is 2.05. The molecule has 0 saturated carbocycles. The molecule has 2 N–H and O–H groups in total. The number of thiazole rings is 1. The Morgan fingerprint density at radius 3 is 3.00 bits per heavy atom. The summed E-state index contributed by atoms with van der Waals surface area (Å²) < 4.78 is 5.07. The molecular formula is C7H7N3OS. The molecule has 12 heavy (non-hydrogen) atoms. The minimum atomic E-state index is 0.520. The zero-order valence-corrected chi connectivity index (χ0v) is 7.04. The molecule has 2 aromatic rings. The molecule has 0 fully saturated rings. The Morgan fingerprint density at radius 2 is 2.42 bits per heavy atom. The van der Waals surface area contributed by atoms with Crippen LogP contribution in [-0.2, 0) is 6.54 Å². The van der Waals surface area contributed by atoms with Crippen LogP contribution in [-0.4, -0.2) is 9.97 Å². The highest BCUT2D eigenvalue weighted by atomic mass is 32.1. The van der Waals surface area contributed by atoms with Crippen molar-refractivity contribution in [1.29, 1.82) is 0 Å². The largest absolute Gasteiger partial charge is 0.441 e. The minimum Gasteiger partial charge on any atom is -0.441 e. The van der Waals surface area contributed by atoms with Crippen LogP contribution < -0.4 is 5.73 Å². The monoisotopic (exact) mass is 181 g/mol. The fourth-order valence-electron chi connectivity index (χ4n) is 0.837. The molecule has 0 radical (unpaired) electrons. The molecule has 62 valence electrons. The van der Waals surface area contributed by atoms with E-state index in [4.69, 9.17) is 10.2 Å². The SMILES string of the molecule is NCc1cnc(-c2cnco2)s1. The zero-order chi connectivity index (χ0) is 8.39. The Bertz CT molecular complexity index is 354. The standard InChI is InChI=1S/C7H7N3OS/c8-1-5-2-10-7(12-5)6-3-9-4-11-6/h2-4H,1,8H2. The van der Waals surface area contributed by atoms with E-state index in [1.807, 2.05) is 0 Å². The summed E-state index contributed by atoms with van der Waals surface area (Å²) in [4.78, 5) is 8.98. The Balaban J connectivity index is 2.35. The summed E-state index contributed by atoms with van der Waals surface area (Å²) in [7, 11) is 0. The Labute approximate surface area is 73.1 Å². The smallest absolute Gasteiger partial charge is 0.182 e. The summed E-state index contributed by atoms with van der Waals surface area (Å²) >= 11 is 1.52. The molecule has 5 heteroatoms. The molecular weight excluding hydrogens is 174 g/mol. The lowest BCUT2D eigenvalue weighted by atomic mass is 10.5. The van der Waals surface area contributed by atoms with Crippen molar-refractivity contribution < 1.29 is 4.42 Å². The lowest BCUT2D eigenvalue weighted by Crippen LogP contribution is -1.91. The predicted molar refractivity (Wildman–Crippen MR) is 45.5 cm³/mol. The number of nitrogens with two attached hydrogens (primary N) is 1. The maximum absolute atomic E-state index is 5.44. The van der Waals surface area contributed by atoms with Gasteiger partial charge in [-0.25, -0.2) is 9.97 Å². The lowest BCUT2D eigenvalue weighted by Gasteiger charge is -1.84. The van der Waals surface area contributed by atoms with Crippen LogP contribution >= 0.6 is 11.3 Å². The molecule has 2 rings (SSSR count). The second kappa shape index (κ2) is 3.04. The number of hydrogen-bond donors (Lipinski definition) is 1. The normalized spacial score (nSPS) is 10.4. The quantitative estimate of drug-likeness (QED) is 0.757. The molecule has 0 bridgehead atoms. The first-order valence-electron chi connectivity index (χ1n) is 3.44. The third kappa shape index (κ3) is 1.24. The van der Waals surface area contributed by atoms with Crippen molar-refractivity contribution in [3.8, 4) is 10.8 Å². The molecule has 0 aliphatic rings. The maximum Gasteiger partial charge on any atom is 0.182 e. The highest BCUT2D eigenvalue weighted by molar-refractivity contribution is 7.14. The molecule has 4 nitrogen and oxygen atoms in total. The molecule has 0 unspecified atom stereocenters. The van der Waals surface area contributed by atoms with E-state index in [1.54, 1.807) is 12.4 Å². The molecule has 2 aromatic heterocycles. The van der Waals surface area contributed by atoms with Gasteiger partial charge >= 0.3 is 0 Å². The van der Waals surface area contributed by atoms with Crippen LogP contribution in [0.5, 0.6) is 0 Å². The van der Waals surface area contributed by atoms with Gasteiger partial charge in [-0.15, -0.1) is 11.3 Å². The Kier molecular flexibility index (Phi) is 1.89. The van der Waals surface area contributed by atoms with Gasteiger partial charge in [-0.1, -0.05) is 0 Å². The fraction of sp³-hybridized carbons (Fsp3) is 0.143. The molecule has 0 aliphatic carbocycles. The van der Waals surface area contributed by atoms with E-state index in [0.29, 0.717) is 12.3 Å². The third-order valence-corrected chi connectivity index (χ3v) is 2.43. The maximum atomic E-state index is 5.44. The van der Waals surface area contributed by atoms with E-state index in [9.17, 15) is 0 Å². The first-order valence-corrected chi connectivity index (χ1v) is 4.25. The van der Waals surface area contributed by atoms with Crippen molar-refractivity contribution in [2.45, 2.75) is 6.54 Å². The summed E-state index contributed by atoms with van der Waals surface area (Å²) in [6, 6.07) is 0. The molecule has 0 saturated heterocycles. The predicted octanol–water partition coefficient (Wildman–Crippen LogP) is 1.26. The zero-order valence-electron chi connectivity index (χ0n) is 6.23. The lowest BCUT2D eigenvalue weighted by molar-refractivity contribution is 0.571. The second-order valence-electron chi connectivity index (χ2n) is 2.20. The summed E-state index contributed by atoms with van der Waals surface area (Å²) in [5, 5.41) is 0.827. The van der Waals surface area contributed by atoms with Gasteiger partial charge in [-0.05, 0) is 0 Å². The van der Waals surface area contributed by atoms with Crippen molar-refractivity contribution in [3.05, 3.63) is 23.7 Å². The van der Waals surface area contributed by atoms with Gasteiger partial charge in [-0.3, -0.25) is 0 Å². The first-order chi connectivity index (χ1) is 5.90. The summed E-state index contributed by atoms with van der Waals surface area (Å²) in [5.74, 6) is 0.694. The third-order valence-electron chi connectivity index (χ3n) is 1.40. The number of hydrogen-bond acceptors (Lipinski definition) is 5. The topological polar surface area (TPSA) is 64.9 Å². The highest BCUT2D eigenvalue weighted by Crippen LogP contribution is 2.23. The Morgan fingerprint density at radius 1 is 1.50 bits per heavy atom.